The Kier molecular flexibility index (Phi) is 3.35. The normalized spacial score (nSPS) is 20.1. The number of hydrogen-bond donors (Lipinski definition) is 0. The minimum Gasteiger partial charge on any atom is -0.126 e. The Labute approximate surface area is 97.6 Å². The molecule has 0 amide bonds. The minimum absolute atomic E-state index is 0.271. The highest BCUT2D eigenvalue weighted by Gasteiger charge is 2.32. The molecule has 82 valence electrons. The maximum Gasteiger partial charge on any atom is 0.0320 e. The van der Waals surface area contributed by atoms with E-state index < -0.39 is 0 Å². The third kappa shape index (κ3) is 2.20. The first-order chi connectivity index (χ1) is 7.27. The Hall–Kier alpha value is -0.490. The van der Waals surface area contributed by atoms with Gasteiger partial charge < -0.3 is 0 Å². The van der Waals surface area contributed by atoms with E-state index in [2.05, 4.69) is 31.2 Å². The fourth-order valence-electron chi connectivity index (χ4n) is 2.64. The van der Waals surface area contributed by atoms with E-state index in [0.717, 1.165) is 5.88 Å². The molecule has 0 radical (unpaired) electrons. The van der Waals surface area contributed by atoms with Gasteiger partial charge in [-0.15, -0.1) is 11.6 Å². The summed E-state index contributed by atoms with van der Waals surface area (Å²) in [7, 11) is 0. The van der Waals surface area contributed by atoms with Gasteiger partial charge >= 0.3 is 0 Å². The molecule has 0 aliphatic heterocycles. The van der Waals surface area contributed by atoms with Crippen LogP contribution in [-0.2, 0) is 5.41 Å². The van der Waals surface area contributed by atoms with Gasteiger partial charge in [0.25, 0.3) is 0 Å². The van der Waals surface area contributed by atoms with Gasteiger partial charge in [-0.25, -0.2) is 0 Å². The van der Waals surface area contributed by atoms with Crippen LogP contribution in [0.5, 0.6) is 0 Å². The average Bonchev–Trinajstić information content (AvgIpc) is 2.31. The Morgan fingerprint density at radius 1 is 1.07 bits per heavy atom. The standard InChI is InChI=1S/C14H19Cl/c1-12-5-7-13(8-6-12)14(11-15)9-3-2-4-10-14/h5-8H,2-4,9-11H2,1H3. The molecule has 1 aliphatic rings. The highest BCUT2D eigenvalue weighted by Crippen LogP contribution is 2.40. The summed E-state index contributed by atoms with van der Waals surface area (Å²) < 4.78 is 0. The molecule has 1 aromatic carbocycles. The lowest BCUT2D eigenvalue weighted by atomic mass is 9.71. The van der Waals surface area contributed by atoms with Crippen LogP contribution in [0.3, 0.4) is 0 Å². The van der Waals surface area contributed by atoms with Crippen molar-refractivity contribution in [1.29, 1.82) is 0 Å². The molecule has 0 N–H and O–H groups in total. The molecule has 2 rings (SSSR count). The predicted molar refractivity (Wildman–Crippen MR) is 66.7 cm³/mol. The maximum absolute atomic E-state index is 6.21. The van der Waals surface area contributed by atoms with Crippen molar-refractivity contribution in [3.8, 4) is 0 Å². The zero-order valence-electron chi connectivity index (χ0n) is 9.43. The number of hydrogen-bond acceptors (Lipinski definition) is 0. The van der Waals surface area contributed by atoms with Gasteiger partial charge in [0, 0.05) is 11.3 Å². The maximum atomic E-state index is 6.21. The number of aryl methyl sites for hydroxylation is 1. The van der Waals surface area contributed by atoms with Crippen molar-refractivity contribution >= 4 is 11.6 Å². The molecule has 0 aromatic heterocycles. The Bertz CT molecular complexity index is 307. The minimum atomic E-state index is 0.271. The quantitative estimate of drug-likeness (QED) is 0.650. The molecule has 1 saturated carbocycles. The largest absolute Gasteiger partial charge is 0.126 e. The summed E-state index contributed by atoms with van der Waals surface area (Å²) in [6.07, 6.45) is 6.57. The van der Waals surface area contributed by atoms with Gasteiger partial charge in [-0.1, -0.05) is 49.1 Å². The zero-order chi connectivity index (χ0) is 10.7. The Balaban J connectivity index is 2.28. The van der Waals surface area contributed by atoms with E-state index in [1.54, 1.807) is 0 Å². The summed E-state index contributed by atoms with van der Waals surface area (Å²) in [6, 6.07) is 8.95. The highest BCUT2D eigenvalue weighted by molar-refractivity contribution is 6.18. The lowest BCUT2D eigenvalue weighted by Crippen LogP contribution is -2.30. The molecule has 0 unspecified atom stereocenters. The molecule has 1 fully saturated rings. The molecule has 1 aliphatic carbocycles. The first kappa shape index (κ1) is 11.0. The van der Waals surface area contributed by atoms with E-state index in [-0.39, 0.29) is 5.41 Å². The van der Waals surface area contributed by atoms with Crippen LogP contribution in [0.15, 0.2) is 24.3 Å². The molecule has 0 saturated heterocycles. The van der Waals surface area contributed by atoms with Gasteiger partial charge in [-0.2, -0.15) is 0 Å². The molecular formula is C14H19Cl. The fraction of sp³-hybridized carbons (Fsp3) is 0.571. The summed E-state index contributed by atoms with van der Waals surface area (Å²) in [6.45, 7) is 2.14. The van der Waals surface area contributed by atoms with Crippen LogP contribution in [-0.4, -0.2) is 5.88 Å². The van der Waals surface area contributed by atoms with Crippen LogP contribution in [0.2, 0.25) is 0 Å². The van der Waals surface area contributed by atoms with E-state index in [1.165, 1.54) is 43.2 Å². The van der Waals surface area contributed by atoms with E-state index in [1.807, 2.05) is 0 Å². The van der Waals surface area contributed by atoms with Gasteiger partial charge in [0.05, 0.1) is 0 Å². The summed E-state index contributed by atoms with van der Waals surface area (Å²) in [5.41, 5.74) is 3.05. The van der Waals surface area contributed by atoms with E-state index in [9.17, 15) is 0 Å². The van der Waals surface area contributed by atoms with Crippen molar-refractivity contribution in [1.82, 2.24) is 0 Å². The van der Waals surface area contributed by atoms with Crippen molar-refractivity contribution in [3.05, 3.63) is 35.4 Å². The Morgan fingerprint density at radius 3 is 2.20 bits per heavy atom. The average molecular weight is 223 g/mol. The molecule has 1 aromatic rings. The van der Waals surface area contributed by atoms with E-state index in [0.29, 0.717) is 0 Å². The molecule has 0 spiro atoms. The van der Waals surface area contributed by atoms with Crippen molar-refractivity contribution in [2.75, 3.05) is 5.88 Å². The summed E-state index contributed by atoms with van der Waals surface area (Å²) in [5.74, 6) is 0.774. The molecule has 0 heterocycles. The number of halogens is 1. The van der Waals surface area contributed by atoms with Gasteiger partial charge in [-0.05, 0) is 25.3 Å². The molecule has 15 heavy (non-hydrogen) atoms. The van der Waals surface area contributed by atoms with Crippen LogP contribution in [0, 0.1) is 6.92 Å². The van der Waals surface area contributed by atoms with Crippen LogP contribution < -0.4 is 0 Å². The van der Waals surface area contributed by atoms with Crippen molar-refractivity contribution in [3.63, 3.8) is 0 Å². The molecule has 0 atom stereocenters. The SMILES string of the molecule is Cc1ccc(C2(CCl)CCCCC2)cc1. The topological polar surface area (TPSA) is 0 Å². The predicted octanol–water partition coefficient (Wildman–Crippen LogP) is 4.44. The summed E-state index contributed by atoms with van der Waals surface area (Å²) in [4.78, 5) is 0. The first-order valence-electron chi connectivity index (χ1n) is 5.90. The second-order valence-corrected chi connectivity index (χ2v) is 5.11. The van der Waals surface area contributed by atoms with Gasteiger partial charge in [-0.3, -0.25) is 0 Å². The van der Waals surface area contributed by atoms with Gasteiger partial charge in [0.1, 0.15) is 0 Å². The van der Waals surface area contributed by atoms with Crippen LogP contribution in [0.25, 0.3) is 0 Å². The van der Waals surface area contributed by atoms with Crippen LogP contribution in [0.4, 0.5) is 0 Å². The molecule has 1 heteroatoms. The molecular weight excluding hydrogens is 204 g/mol. The van der Waals surface area contributed by atoms with Crippen molar-refractivity contribution in [2.24, 2.45) is 0 Å². The second kappa shape index (κ2) is 4.57. The van der Waals surface area contributed by atoms with Crippen molar-refractivity contribution < 1.29 is 0 Å². The fourth-order valence-corrected chi connectivity index (χ4v) is 3.06. The molecule has 0 bridgehead atoms. The molecule has 0 nitrogen and oxygen atoms in total. The third-order valence-electron chi connectivity index (χ3n) is 3.73. The van der Waals surface area contributed by atoms with Gasteiger partial charge in [0.2, 0.25) is 0 Å². The van der Waals surface area contributed by atoms with Crippen LogP contribution in [0.1, 0.15) is 43.2 Å². The third-order valence-corrected chi connectivity index (χ3v) is 4.24. The van der Waals surface area contributed by atoms with E-state index in [4.69, 9.17) is 11.6 Å². The number of alkyl halides is 1. The summed E-state index contributed by atoms with van der Waals surface area (Å²) >= 11 is 6.21. The lowest BCUT2D eigenvalue weighted by molar-refractivity contribution is 0.324. The summed E-state index contributed by atoms with van der Waals surface area (Å²) in [5, 5.41) is 0. The van der Waals surface area contributed by atoms with Crippen molar-refractivity contribution in [2.45, 2.75) is 44.4 Å². The van der Waals surface area contributed by atoms with Crippen LogP contribution >= 0.6 is 11.6 Å². The van der Waals surface area contributed by atoms with E-state index >= 15 is 0 Å². The smallest absolute Gasteiger partial charge is 0.0320 e. The second-order valence-electron chi connectivity index (χ2n) is 4.84. The number of benzene rings is 1. The Morgan fingerprint density at radius 2 is 1.67 bits per heavy atom. The monoisotopic (exact) mass is 222 g/mol. The zero-order valence-corrected chi connectivity index (χ0v) is 10.2. The first-order valence-corrected chi connectivity index (χ1v) is 6.43. The lowest BCUT2D eigenvalue weighted by Gasteiger charge is -2.36. The van der Waals surface area contributed by atoms with Gasteiger partial charge in [0.15, 0.2) is 0 Å². The number of rotatable bonds is 2. The highest BCUT2D eigenvalue weighted by atomic mass is 35.5.